The van der Waals surface area contributed by atoms with Crippen molar-refractivity contribution in [2.45, 2.75) is 6.18 Å². The summed E-state index contributed by atoms with van der Waals surface area (Å²) < 4.78 is 53.5. The molecule has 1 aromatic rings. The van der Waals surface area contributed by atoms with E-state index in [9.17, 15) is 27.3 Å². The van der Waals surface area contributed by atoms with E-state index >= 15 is 0 Å². The molecule has 1 aromatic carbocycles. The molecule has 1 unspecified atom stereocenters. The van der Waals surface area contributed by atoms with Crippen LogP contribution in [0.2, 0.25) is 0 Å². The van der Waals surface area contributed by atoms with E-state index in [1.54, 1.807) is 6.07 Å². The largest absolute Gasteiger partial charge is 0.812 e. The highest BCUT2D eigenvalue weighted by atomic mass is 31.1. The standard InChI is InChI=1S/C9H5F3O5P/c10-9(11,12)8(14)17-18(15)16-7(13)6-4-2-1-3-5-6/h1-5H/q+1. The van der Waals surface area contributed by atoms with Gasteiger partial charge in [-0.2, -0.15) is 22.2 Å². The highest BCUT2D eigenvalue weighted by molar-refractivity contribution is 7.34. The average molecular weight is 281 g/mol. The van der Waals surface area contributed by atoms with E-state index in [2.05, 4.69) is 9.05 Å². The van der Waals surface area contributed by atoms with Crippen molar-refractivity contribution in [3.05, 3.63) is 35.9 Å². The summed E-state index contributed by atoms with van der Waals surface area (Å²) in [5, 5.41) is 0. The number of alkyl halides is 3. The van der Waals surface area contributed by atoms with Gasteiger partial charge in [0.15, 0.2) is 0 Å². The molecule has 1 atom stereocenters. The van der Waals surface area contributed by atoms with E-state index in [0.717, 1.165) is 0 Å². The summed E-state index contributed by atoms with van der Waals surface area (Å²) in [5.74, 6) is -3.85. The molecule has 0 bridgehead atoms. The van der Waals surface area contributed by atoms with Crippen LogP contribution in [0.25, 0.3) is 0 Å². The first-order chi connectivity index (χ1) is 8.30. The quantitative estimate of drug-likeness (QED) is 0.796. The minimum atomic E-state index is -5.30. The van der Waals surface area contributed by atoms with E-state index in [4.69, 9.17) is 0 Å². The van der Waals surface area contributed by atoms with Crippen LogP contribution in [0.3, 0.4) is 0 Å². The Morgan fingerprint density at radius 1 is 1.06 bits per heavy atom. The number of carbonyl (C=O) groups is 2. The van der Waals surface area contributed by atoms with Gasteiger partial charge in [0.05, 0.1) is 5.56 Å². The van der Waals surface area contributed by atoms with Gasteiger partial charge in [-0.15, -0.1) is 0 Å². The molecule has 0 heterocycles. The Morgan fingerprint density at radius 2 is 1.61 bits per heavy atom. The molecule has 0 saturated heterocycles. The lowest BCUT2D eigenvalue weighted by Crippen LogP contribution is -2.23. The van der Waals surface area contributed by atoms with Crippen LogP contribution in [0.5, 0.6) is 0 Å². The third-order valence-corrected chi connectivity index (χ3v) is 2.19. The number of hydrogen-bond donors (Lipinski definition) is 0. The van der Waals surface area contributed by atoms with Crippen LogP contribution in [0.15, 0.2) is 30.3 Å². The highest BCUT2D eigenvalue weighted by Crippen LogP contribution is 2.30. The SMILES string of the molecule is O=C(O[P+](=O)OC(=O)C(F)(F)F)c1ccccc1. The predicted molar refractivity (Wildman–Crippen MR) is 51.6 cm³/mol. The molecular formula is C9H5F3O5P+. The molecule has 9 heteroatoms. The van der Waals surface area contributed by atoms with E-state index in [0.29, 0.717) is 0 Å². The molecule has 0 amide bonds. The fourth-order valence-electron chi connectivity index (χ4n) is 0.833. The van der Waals surface area contributed by atoms with Crippen molar-refractivity contribution in [2.24, 2.45) is 0 Å². The summed E-state index contributed by atoms with van der Waals surface area (Å²) >= 11 is 0. The van der Waals surface area contributed by atoms with E-state index in [-0.39, 0.29) is 5.56 Å². The van der Waals surface area contributed by atoms with Crippen molar-refractivity contribution >= 4 is 20.2 Å². The van der Waals surface area contributed by atoms with Crippen molar-refractivity contribution in [1.29, 1.82) is 0 Å². The number of hydrogen-bond acceptors (Lipinski definition) is 5. The molecule has 0 spiro atoms. The zero-order valence-corrected chi connectivity index (χ0v) is 9.40. The van der Waals surface area contributed by atoms with E-state index < -0.39 is 26.4 Å². The van der Waals surface area contributed by atoms with Gasteiger partial charge in [-0.05, 0) is 12.1 Å². The van der Waals surface area contributed by atoms with Crippen molar-refractivity contribution in [3.63, 3.8) is 0 Å². The zero-order valence-electron chi connectivity index (χ0n) is 8.51. The van der Waals surface area contributed by atoms with Gasteiger partial charge < -0.3 is 0 Å². The maximum atomic E-state index is 11.7. The molecule has 0 radical (unpaired) electrons. The lowest BCUT2D eigenvalue weighted by molar-refractivity contribution is -0.189. The summed E-state index contributed by atoms with van der Waals surface area (Å²) in [4.78, 5) is 21.5. The number of carbonyl (C=O) groups excluding carboxylic acids is 2. The Hall–Kier alpha value is -1.95. The van der Waals surface area contributed by atoms with Crippen molar-refractivity contribution in [3.8, 4) is 0 Å². The number of rotatable bonds is 3. The van der Waals surface area contributed by atoms with Gasteiger partial charge in [-0.3, -0.25) is 0 Å². The molecule has 0 fully saturated rings. The topological polar surface area (TPSA) is 69.7 Å². The minimum absolute atomic E-state index is 0.0380. The molecule has 18 heavy (non-hydrogen) atoms. The van der Waals surface area contributed by atoms with Gasteiger partial charge >= 0.3 is 26.4 Å². The first kappa shape index (κ1) is 14.1. The third kappa shape index (κ3) is 4.14. The van der Waals surface area contributed by atoms with Gasteiger partial charge in [0.25, 0.3) is 0 Å². The van der Waals surface area contributed by atoms with Crippen LogP contribution in [-0.4, -0.2) is 18.1 Å². The average Bonchev–Trinajstić information content (AvgIpc) is 2.28. The Balaban J connectivity index is 2.57. The van der Waals surface area contributed by atoms with Crippen LogP contribution >= 0.6 is 8.25 Å². The number of benzene rings is 1. The first-order valence-corrected chi connectivity index (χ1v) is 5.44. The molecule has 0 N–H and O–H groups in total. The summed E-state index contributed by atoms with van der Waals surface area (Å²) in [6.45, 7) is 0. The normalized spacial score (nSPS) is 11.6. The van der Waals surface area contributed by atoms with Gasteiger partial charge in [0, 0.05) is 4.57 Å². The van der Waals surface area contributed by atoms with Crippen LogP contribution in [0.4, 0.5) is 13.2 Å². The molecule has 0 aromatic heterocycles. The molecule has 0 aliphatic carbocycles. The second kappa shape index (κ2) is 5.59. The van der Waals surface area contributed by atoms with Crippen LogP contribution in [0.1, 0.15) is 10.4 Å². The lowest BCUT2D eigenvalue weighted by atomic mass is 10.2. The van der Waals surface area contributed by atoms with Gasteiger partial charge in [-0.1, -0.05) is 18.2 Å². The first-order valence-electron chi connectivity index (χ1n) is 4.34. The molecule has 1 rings (SSSR count). The minimum Gasteiger partial charge on any atom is -0.241 e. The summed E-state index contributed by atoms with van der Waals surface area (Å²) in [6.07, 6.45) is -5.30. The third-order valence-electron chi connectivity index (χ3n) is 1.56. The van der Waals surface area contributed by atoms with Crippen molar-refractivity contribution < 1.29 is 36.4 Å². The Bertz CT molecular complexity index is 471. The zero-order chi connectivity index (χ0) is 13.8. The predicted octanol–water partition coefficient (Wildman–Crippen LogP) is 2.61. The highest BCUT2D eigenvalue weighted by Gasteiger charge is 2.48. The fourth-order valence-corrected chi connectivity index (χ4v) is 1.35. The monoisotopic (exact) mass is 281 g/mol. The lowest BCUT2D eigenvalue weighted by Gasteiger charge is -1.97. The molecule has 0 aliphatic rings. The Kier molecular flexibility index (Phi) is 4.38. The van der Waals surface area contributed by atoms with Gasteiger partial charge in [0.2, 0.25) is 0 Å². The van der Waals surface area contributed by atoms with Crippen molar-refractivity contribution in [1.82, 2.24) is 0 Å². The van der Waals surface area contributed by atoms with E-state index in [1.165, 1.54) is 24.3 Å². The summed E-state index contributed by atoms with van der Waals surface area (Å²) in [6, 6.07) is 7.09. The molecule has 5 nitrogen and oxygen atoms in total. The Labute approximate surface area is 99.5 Å². The van der Waals surface area contributed by atoms with E-state index in [1.807, 2.05) is 0 Å². The van der Waals surface area contributed by atoms with Gasteiger partial charge in [-0.25, -0.2) is 9.59 Å². The number of halogens is 3. The summed E-state index contributed by atoms with van der Waals surface area (Å²) in [7, 11) is -3.52. The van der Waals surface area contributed by atoms with Crippen molar-refractivity contribution in [2.75, 3.05) is 0 Å². The van der Waals surface area contributed by atoms with Crippen LogP contribution in [-0.2, 0) is 18.4 Å². The molecular weight excluding hydrogens is 276 g/mol. The maximum Gasteiger partial charge on any atom is 0.812 e. The molecule has 0 saturated carbocycles. The second-order valence-electron chi connectivity index (χ2n) is 2.84. The molecule has 0 aliphatic heterocycles. The Morgan fingerprint density at radius 3 is 2.11 bits per heavy atom. The van der Waals surface area contributed by atoms with Crippen LogP contribution in [0, 0.1) is 0 Å². The fraction of sp³-hybridized carbons (Fsp3) is 0.111. The van der Waals surface area contributed by atoms with Gasteiger partial charge in [0.1, 0.15) is 0 Å². The maximum absolute atomic E-state index is 11.7. The molecule has 96 valence electrons. The smallest absolute Gasteiger partial charge is 0.241 e. The summed E-state index contributed by atoms with van der Waals surface area (Å²) in [5.41, 5.74) is -0.0380. The second-order valence-corrected chi connectivity index (χ2v) is 3.66. The van der Waals surface area contributed by atoms with Crippen LogP contribution < -0.4 is 0 Å².